The summed E-state index contributed by atoms with van der Waals surface area (Å²) in [5, 5.41) is 8.67. The molecule has 2 heterocycles. The van der Waals surface area contributed by atoms with Gasteiger partial charge in [0, 0.05) is 41.7 Å². The molecule has 3 rings (SSSR count). The van der Waals surface area contributed by atoms with Gasteiger partial charge in [-0.1, -0.05) is 43.1 Å². The summed E-state index contributed by atoms with van der Waals surface area (Å²) in [5.41, 5.74) is 3.33. The Hall–Kier alpha value is -3.06. The molecule has 31 heavy (non-hydrogen) atoms. The van der Waals surface area contributed by atoms with Crippen LogP contribution in [0.2, 0.25) is 5.15 Å². The van der Waals surface area contributed by atoms with E-state index in [1.54, 1.807) is 10.8 Å². The van der Waals surface area contributed by atoms with Crippen molar-refractivity contribution in [1.29, 1.82) is 0 Å². The Kier molecular flexibility index (Phi) is 7.52. The van der Waals surface area contributed by atoms with Crippen molar-refractivity contribution in [3.63, 3.8) is 0 Å². The number of aryl methyl sites for hydroxylation is 2. The van der Waals surface area contributed by atoms with Gasteiger partial charge in [0.25, 0.3) is 0 Å². The number of unbranched alkanes of at least 4 members (excludes halogenated alkanes) is 1. The highest BCUT2D eigenvalue weighted by molar-refractivity contribution is 6.31. The molecule has 164 valence electrons. The number of ether oxygens (including phenoxy) is 1. The number of H-pyrrole nitrogens is 1. The average Bonchev–Trinajstić information content (AvgIpc) is 3.30. The molecule has 1 atom stereocenters. The molecule has 0 saturated heterocycles. The third kappa shape index (κ3) is 5.35. The van der Waals surface area contributed by atoms with Crippen LogP contribution in [0.25, 0.3) is 17.0 Å². The molecule has 2 aromatic heterocycles. The molecule has 7 nitrogen and oxygen atoms in total. The Bertz CT molecular complexity index is 1100. The van der Waals surface area contributed by atoms with Crippen molar-refractivity contribution >= 4 is 40.5 Å². The predicted molar refractivity (Wildman–Crippen MR) is 122 cm³/mol. The standard InChI is InChI=1S/C23H27ClN4O3/c1-4-5-12-28-22(24)17(15(2)27-28)10-11-21(29)26-20(23(30)31-3)13-16-14-25-19-9-7-6-8-18(16)19/h6-11,14,20,25H,4-5,12-13H2,1-3H3,(H,26,29). The number of esters is 1. The number of methoxy groups -OCH3 is 1. The molecule has 0 saturated carbocycles. The molecule has 0 fully saturated rings. The van der Waals surface area contributed by atoms with Gasteiger partial charge in [0.2, 0.25) is 5.91 Å². The quantitative estimate of drug-likeness (QED) is 0.386. The highest BCUT2D eigenvalue weighted by Crippen LogP contribution is 2.22. The molecule has 1 aromatic carbocycles. The second-order valence-electron chi connectivity index (χ2n) is 7.35. The van der Waals surface area contributed by atoms with E-state index in [2.05, 4.69) is 22.3 Å². The van der Waals surface area contributed by atoms with Gasteiger partial charge in [0.05, 0.1) is 12.8 Å². The van der Waals surface area contributed by atoms with Crippen molar-refractivity contribution in [3.8, 4) is 0 Å². The van der Waals surface area contributed by atoms with Crippen molar-refractivity contribution in [2.45, 2.75) is 45.7 Å². The van der Waals surface area contributed by atoms with Crippen molar-refractivity contribution in [2.24, 2.45) is 0 Å². The SMILES string of the molecule is CCCCn1nc(C)c(C=CC(=O)NC(Cc2c[nH]c3ccccc23)C(=O)OC)c1Cl. The number of benzene rings is 1. The molecular formula is C23H27ClN4O3. The van der Waals surface area contributed by atoms with E-state index in [9.17, 15) is 9.59 Å². The number of carbonyl (C=O) groups is 2. The van der Waals surface area contributed by atoms with Crippen LogP contribution in [0.4, 0.5) is 0 Å². The van der Waals surface area contributed by atoms with Crippen LogP contribution < -0.4 is 5.32 Å². The average molecular weight is 443 g/mol. The van der Waals surface area contributed by atoms with Gasteiger partial charge in [-0.05, 0) is 31.1 Å². The van der Waals surface area contributed by atoms with Crippen molar-refractivity contribution in [1.82, 2.24) is 20.1 Å². The number of rotatable bonds is 9. The number of aromatic amines is 1. The lowest BCUT2D eigenvalue weighted by atomic mass is 10.0. The summed E-state index contributed by atoms with van der Waals surface area (Å²) in [7, 11) is 1.31. The number of halogens is 1. The first kappa shape index (κ1) is 22.6. The Morgan fingerprint density at radius 3 is 2.87 bits per heavy atom. The van der Waals surface area contributed by atoms with Crippen LogP contribution in [0.1, 0.15) is 36.6 Å². The molecule has 0 radical (unpaired) electrons. The van der Waals surface area contributed by atoms with Crippen molar-refractivity contribution < 1.29 is 14.3 Å². The van der Waals surface area contributed by atoms with E-state index in [0.717, 1.165) is 41.5 Å². The molecule has 1 amide bonds. The number of hydrogen-bond acceptors (Lipinski definition) is 4. The van der Waals surface area contributed by atoms with Crippen LogP contribution in [0.5, 0.6) is 0 Å². The molecule has 0 aliphatic carbocycles. The van der Waals surface area contributed by atoms with Gasteiger partial charge in [0.15, 0.2) is 0 Å². The molecular weight excluding hydrogens is 416 g/mol. The molecule has 0 aliphatic rings. The number of carbonyl (C=O) groups excluding carboxylic acids is 2. The van der Waals surface area contributed by atoms with E-state index in [1.165, 1.54) is 13.2 Å². The van der Waals surface area contributed by atoms with Gasteiger partial charge < -0.3 is 15.0 Å². The van der Waals surface area contributed by atoms with Crippen LogP contribution in [-0.4, -0.2) is 39.8 Å². The number of para-hydroxylation sites is 1. The maximum absolute atomic E-state index is 12.6. The third-order valence-electron chi connectivity index (χ3n) is 5.14. The van der Waals surface area contributed by atoms with E-state index in [1.807, 2.05) is 37.4 Å². The van der Waals surface area contributed by atoms with E-state index in [-0.39, 0.29) is 0 Å². The molecule has 1 unspecified atom stereocenters. The van der Waals surface area contributed by atoms with Crippen molar-refractivity contribution in [2.75, 3.05) is 7.11 Å². The summed E-state index contributed by atoms with van der Waals surface area (Å²) in [5.74, 6) is -0.916. The monoisotopic (exact) mass is 442 g/mol. The first-order chi connectivity index (χ1) is 14.9. The van der Waals surface area contributed by atoms with E-state index in [0.29, 0.717) is 17.1 Å². The zero-order valence-electron chi connectivity index (χ0n) is 17.9. The van der Waals surface area contributed by atoms with Crippen LogP contribution in [0, 0.1) is 6.92 Å². The van der Waals surface area contributed by atoms with E-state index < -0.39 is 17.9 Å². The summed E-state index contributed by atoms with van der Waals surface area (Å²) in [4.78, 5) is 28.0. The van der Waals surface area contributed by atoms with Crippen LogP contribution in [0.15, 0.2) is 36.5 Å². The second kappa shape index (κ2) is 10.3. The molecule has 0 spiro atoms. The minimum absolute atomic E-state index is 0.311. The lowest BCUT2D eigenvalue weighted by molar-refractivity contribution is -0.144. The lowest BCUT2D eigenvalue weighted by Gasteiger charge is -2.15. The van der Waals surface area contributed by atoms with Gasteiger partial charge in [-0.25, -0.2) is 4.79 Å². The van der Waals surface area contributed by atoms with Crippen molar-refractivity contribution in [3.05, 3.63) is 58.5 Å². The number of hydrogen-bond donors (Lipinski definition) is 2. The van der Waals surface area contributed by atoms with Gasteiger partial charge in [-0.3, -0.25) is 9.48 Å². The summed E-state index contributed by atoms with van der Waals surface area (Å²) in [6, 6.07) is 6.98. The minimum Gasteiger partial charge on any atom is -0.467 e. The Balaban J connectivity index is 1.73. The maximum Gasteiger partial charge on any atom is 0.328 e. The molecule has 8 heteroatoms. The molecule has 2 N–H and O–H groups in total. The number of nitrogens with one attached hydrogen (secondary N) is 2. The van der Waals surface area contributed by atoms with E-state index >= 15 is 0 Å². The Labute approximate surface area is 186 Å². The van der Waals surface area contributed by atoms with Gasteiger partial charge >= 0.3 is 5.97 Å². The minimum atomic E-state index is -0.815. The fourth-order valence-electron chi connectivity index (χ4n) is 3.45. The highest BCUT2D eigenvalue weighted by Gasteiger charge is 2.22. The van der Waals surface area contributed by atoms with Gasteiger partial charge in [0.1, 0.15) is 11.2 Å². The van der Waals surface area contributed by atoms with Crippen LogP contribution >= 0.6 is 11.6 Å². The molecule has 3 aromatic rings. The zero-order chi connectivity index (χ0) is 22.4. The van der Waals surface area contributed by atoms with Gasteiger partial charge in [-0.15, -0.1) is 0 Å². The summed E-state index contributed by atoms with van der Waals surface area (Å²) in [6.07, 6.45) is 7.16. The topological polar surface area (TPSA) is 89.0 Å². The molecule has 0 bridgehead atoms. The highest BCUT2D eigenvalue weighted by atomic mass is 35.5. The van der Waals surface area contributed by atoms with Crippen LogP contribution in [0.3, 0.4) is 0 Å². The largest absolute Gasteiger partial charge is 0.467 e. The normalized spacial score (nSPS) is 12.4. The third-order valence-corrected chi connectivity index (χ3v) is 5.53. The number of nitrogens with zero attached hydrogens (tertiary/aromatic N) is 2. The smallest absolute Gasteiger partial charge is 0.328 e. The zero-order valence-corrected chi connectivity index (χ0v) is 18.7. The number of amides is 1. The molecule has 0 aliphatic heterocycles. The second-order valence-corrected chi connectivity index (χ2v) is 7.71. The van der Waals surface area contributed by atoms with E-state index in [4.69, 9.17) is 16.3 Å². The maximum atomic E-state index is 12.6. The first-order valence-corrected chi connectivity index (χ1v) is 10.7. The summed E-state index contributed by atoms with van der Waals surface area (Å²) < 4.78 is 6.64. The first-order valence-electron chi connectivity index (χ1n) is 10.3. The van der Waals surface area contributed by atoms with Gasteiger partial charge in [-0.2, -0.15) is 5.10 Å². The number of aromatic nitrogens is 3. The number of fused-ring (bicyclic) bond motifs is 1. The Morgan fingerprint density at radius 1 is 1.35 bits per heavy atom. The summed E-state index contributed by atoms with van der Waals surface area (Å²) >= 11 is 6.42. The predicted octanol–water partition coefficient (Wildman–Crippen LogP) is 4.04. The fourth-order valence-corrected chi connectivity index (χ4v) is 3.77. The fraction of sp³-hybridized carbons (Fsp3) is 0.348. The summed E-state index contributed by atoms with van der Waals surface area (Å²) in [6.45, 7) is 4.68. The van der Waals surface area contributed by atoms with Crippen LogP contribution in [-0.2, 0) is 27.3 Å². The Morgan fingerprint density at radius 2 is 2.13 bits per heavy atom. The lowest BCUT2D eigenvalue weighted by Crippen LogP contribution is -2.42.